The molecular weight excluding hydrogens is 380 g/mol. The fourth-order valence-electron chi connectivity index (χ4n) is 3.80. The summed E-state index contributed by atoms with van der Waals surface area (Å²) in [5.41, 5.74) is 1.13. The Morgan fingerprint density at radius 3 is 2.07 bits per heavy atom. The second-order valence-corrected chi connectivity index (χ2v) is 9.62. The van der Waals surface area contributed by atoms with E-state index in [-0.39, 0.29) is 11.8 Å². The van der Waals surface area contributed by atoms with Gasteiger partial charge in [-0.15, -0.1) is 0 Å². The van der Waals surface area contributed by atoms with Crippen molar-refractivity contribution >= 4 is 21.8 Å². The van der Waals surface area contributed by atoms with E-state index in [1.165, 1.54) is 22.7 Å². The van der Waals surface area contributed by atoms with E-state index in [1.54, 1.807) is 7.11 Å². The van der Waals surface area contributed by atoms with Crippen LogP contribution >= 0.6 is 0 Å². The normalized spacial score (nSPS) is 19.9. The lowest BCUT2D eigenvalue weighted by molar-refractivity contribution is -0.137. The highest BCUT2D eigenvalue weighted by Crippen LogP contribution is 2.24. The first-order valence-electron chi connectivity index (χ1n) is 9.68. The zero-order valence-corrected chi connectivity index (χ0v) is 17.7. The average molecular weight is 411 g/mol. The Hall–Kier alpha value is -1.84. The van der Waals surface area contributed by atoms with Gasteiger partial charge in [-0.25, -0.2) is 0 Å². The third kappa shape index (κ3) is 4.42. The number of hydrogen-bond donors (Lipinski definition) is 0. The molecule has 8 nitrogen and oxygen atoms in total. The van der Waals surface area contributed by atoms with Crippen molar-refractivity contribution in [3.8, 4) is 5.75 Å². The molecule has 0 atom stereocenters. The molecule has 9 heteroatoms. The molecule has 0 spiro atoms. The molecule has 2 fully saturated rings. The number of hydrogen-bond acceptors (Lipinski definition) is 5. The highest BCUT2D eigenvalue weighted by molar-refractivity contribution is 7.86. The van der Waals surface area contributed by atoms with Gasteiger partial charge < -0.3 is 14.5 Å². The quantitative estimate of drug-likeness (QED) is 0.720. The molecule has 1 aromatic carbocycles. The maximum atomic E-state index is 12.9. The van der Waals surface area contributed by atoms with Gasteiger partial charge in [-0.1, -0.05) is 0 Å². The van der Waals surface area contributed by atoms with Gasteiger partial charge in [0.2, 0.25) is 5.91 Å². The number of carbonyl (C=O) groups is 1. The first-order chi connectivity index (χ1) is 13.3. The van der Waals surface area contributed by atoms with Crippen molar-refractivity contribution in [3.63, 3.8) is 0 Å². The van der Waals surface area contributed by atoms with Crippen LogP contribution < -0.4 is 9.64 Å². The fourth-order valence-corrected chi connectivity index (χ4v) is 4.93. The van der Waals surface area contributed by atoms with Crippen molar-refractivity contribution in [2.75, 3.05) is 65.4 Å². The highest BCUT2D eigenvalue weighted by atomic mass is 32.2. The van der Waals surface area contributed by atoms with E-state index in [9.17, 15) is 13.2 Å². The molecule has 2 aliphatic rings. The summed E-state index contributed by atoms with van der Waals surface area (Å²) in [7, 11) is 1.33. The number of benzene rings is 1. The summed E-state index contributed by atoms with van der Waals surface area (Å²) < 4.78 is 32.3. The number of piperazine rings is 1. The first kappa shape index (κ1) is 20.9. The van der Waals surface area contributed by atoms with E-state index < -0.39 is 10.2 Å². The minimum atomic E-state index is -3.39. The van der Waals surface area contributed by atoms with E-state index >= 15 is 0 Å². The molecule has 0 unspecified atom stereocenters. The molecule has 0 aliphatic carbocycles. The predicted octanol–water partition coefficient (Wildman–Crippen LogP) is 0.862. The van der Waals surface area contributed by atoms with Crippen LogP contribution in [0.4, 0.5) is 5.69 Å². The Morgan fingerprint density at radius 1 is 1.00 bits per heavy atom. The molecular formula is C19H30N4O4S. The molecule has 1 aromatic rings. The number of methoxy groups -OCH3 is 1. The van der Waals surface area contributed by atoms with E-state index in [2.05, 4.69) is 4.90 Å². The van der Waals surface area contributed by atoms with Gasteiger partial charge in [0.25, 0.3) is 10.2 Å². The summed E-state index contributed by atoms with van der Waals surface area (Å²) in [5.74, 6) is 0.914. The lowest BCUT2D eigenvalue weighted by Gasteiger charge is -2.39. The fraction of sp³-hybridized carbons (Fsp3) is 0.632. The molecule has 0 radical (unpaired) electrons. The summed E-state index contributed by atoms with van der Waals surface area (Å²) in [4.78, 5) is 17.1. The van der Waals surface area contributed by atoms with Crippen molar-refractivity contribution in [2.24, 2.45) is 5.92 Å². The highest BCUT2D eigenvalue weighted by Gasteiger charge is 2.34. The molecule has 0 aromatic heterocycles. The Kier molecular flexibility index (Phi) is 6.47. The number of amides is 1. The monoisotopic (exact) mass is 410 g/mol. The van der Waals surface area contributed by atoms with Crippen molar-refractivity contribution in [1.82, 2.24) is 13.5 Å². The van der Waals surface area contributed by atoms with Crippen LogP contribution in [0, 0.1) is 5.92 Å². The lowest BCUT2D eigenvalue weighted by atomic mass is 9.96. The lowest BCUT2D eigenvalue weighted by Crippen LogP contribution is -2.52. The summed E-state index contributed by atoms with van der Waals surface area (Å²) in [6.07, 6.45) is 1.18. The third-order valence-corrected chi connectivity index (χ3v) is 7.56. The molecule has 3 rings (SSSR count). The number of piperidine rings is 1. The van der Waals surface area contributed by atoms with Gasteiger partial charge in [0.15, 0.2) is 0 Å². The minimum Gasteiger partial charge on any atom is -0.497 e. The summed E-state index contributed by atoms with van der Waals surface area (Å²) in [6.45, 7) is 3.80. The molecule has 2 heterocycles. The maximum absolute atomic E-state index is 12.9. The Labute approximate surface area is 167 Å². The van der Waals surface area contributed by atoms with Crippen LogP contribution in [0.2, 0.25) is 0 Å². The molecule has 28 heavy (non-hydrogen) atoms. The van der Waals surface area contributed by atoms with E-state index in [1.807, 2.05) is 29.2 Å². The van der Waals surface area contributed by atoms with Crippen LogP contribution in [0.1, 0.15) is 12.8 Å². The van der Waals surface area contributed by atoms with Gasteiger partial charge >= 0.3 is 0 Å². The van der Waals surface area contributed by atoms with Crippen molar-refractivity contribution in [1.29, 1.82) is 0 Å². The molecule has 2 aliphatic heterocycles. The van der Waals surface area contributed by atoms with E-state index in [0.29, 0.717) is 39.0 Å². The minimum absolute atomic E-state index is 0.0823. The smallest absolute Gasteiger partial charge is 0.281 e. The summed E-state index contributed by atoms with van der Waals surface area (Å²) in [5, 5.41) is 0. The largest absolute Gasteiger partial charge is 0.497 e. The van der Waals surface area contributed by atoms with Crippen molar-refractivity contribution < 1.29 is 17.9 Å². The van der Waals surface area contributed by atoms with Gasteiger partial charge in [-0.3, -0.25) is 4.79 Å². The number of ether oxygens (including phenoxy) is 1. The zero-order valence-electron chi connectivity index (χ0n) is 16.9. The number of carbonyl (C=O) groups excluding carboxylic acids is 1. The third-order valence-electron chi connectivity index (χ3n) is 5.62. The SMILES string of the molecule is COc1ccc(N2CCN(C(=O)C3CCN(S(=O)(=O)N(C)C)CC3)CC2)cc1. The van der Waals surface area contributed by atoms with Crippen LogP contribution in [-0.4, -0.2) is 88.3 Å². The second kappa shape index (κ2) is 8.67. The predicted molar refractivity (Wildman–Crippen MR) is 109 cm³/mol. The summed E-state index contributed by atoms with van der Waals surface area (Å²) >= 11 is 0. The van der Waals surface area contributed by atoms with Gasteiger partial charge in [-0.2, -0.15) is 17.0 Å². The van der Waals surface area contributed by atoms with Crippen LogP contribution in [0.15, 0.2) is 24.3 Å². The van der Waals surface area contributed by atoms with E-state index in [0.717, 1.165) is 24.5 Å². The molecule has 2 saturated heterocycles. The van der Waals surface area contributed by atoms with Crippen molar-refractivity contribution in [2.45, 2.75) is 12.8 Å². The zero-order chi connectivity index (χ0) is 20.3. The average Bonchev–Trinajstić information content (AvgIpc) is 2.73. The number of nitrogens with zero attached hydrogens (tertiary/aromatic N) is 4. The van der Waals surface area contributed by atoms with E-state index in [4.69, 9.17) is 4.74 Å². The molecule has 1 amide bonds. The standard InChI is InChI=1S/C19H30N4O4S/c1-20(2)28(25,26)23-10-8-16(9-11-23)19(24)22-14-12-21(13-15-22)17-4-6-18(27-3)7-5-17/h4-7,16H,8-15H2,1-3H3. The number of rotatable bonds is 5. The summed E-state index contributed by atoms with van der Waals surface area (Å²) in [6, 6.07) is 7.97. The van der Waals surface area contributed by atoms with Gasteiger partial charge in [0.1, 0.15) is 5.75 Å². The maximum Gasteiger partial charge on any atom is 0.281 e. The number of anilines is 1. The molecule has 0 N–H and O–H groups in total. The van der Waals surface area contributed by atoms with Crippen LogP contribution in [-0.2, 0) is 15.0 Å². The van der Waals surface area contributed by atoms with Crippen LogP contribution in [0.25, 0.3) is 0 Å². The Bertz CT molecular complexity index is 766. The van der Waals surface area contributed by atoms with Crippen LogP contribution in [0.3, 0.4) is 0 Å². The first-order valence-corrected chi connectivity index (χ1v) is 11.1. The Balaban J connectivity index is 1.50. The topological polar surface area (TPSA) is 73.4 Å². The molecule has 156 valence electrons. The van der Waals surface area contributed by atoms with Gasteiger partial charge in [0, 0.05) is 65.0 Å². The molecule has 0 saturated carbocycles. The Morgan fingerprint density at radius 2 is 1.57 bits per heavy atom. The van der Waals surface area contributed by atoms with Crippen LogP contribution in [0.5, 0.6) is 5.75 Å². The van der Waals surface area contributed by atoms with Gasteiger partial charge in [-0.05, 0) is 37.1 Å². The second-order valence-electron chi connectivity index (χ2n) is 7.47. The van der Waals surface area contributed by atoms with Crippen molar-refractivity contribution in [3.05, 3.63) is 24.3 Å². The van der Waals surface area contributed by atoms with Gasteiger partial charge in [0.05, 0.1) is 7.11 Å². The molecule has 0 bridgehead atoms.